The number of nitrogens with zero attached hydrogens (tertiary/aromatic N) is 2. The van der Waals surface area contributed by atoms with Gasteiger partial charge < -0.3 is 15.0 Å². The van der Waals surface area contributed by atoms with E-state index in [9.17, 15) is 4.79 Å². The number of nitrogens with one attached hydrogen (secondary N) is 1. The Kier molecular flexibility index (Phi) is 9.05. The number of ether oxygens (including phenoxy) is 1. The van der Waals surface area contributed by atoms with E-state index in [1.165, 1.54) is 31.2 Å². The third kappa shape index (κ3) is 5.39. The maximum absolute atomic E-state index is 12.0. The fourth-order valence-electron chi connectivity index (χ4n) is 4.58. The minimum Gasteiger partial charge on any atom is -0.466 e. The fourth-order valence-corrected chi connectivity index (χ4v) is 4.58. The first-order valence-corrected chi connectivity index (χ1v) is 10.4. The zero-order valence-electron chi connectivity index (χ0n) is 17.2. The lowest BCUT2D eigenvalue weighted by molar-refractivity contribution is -0.149. The summed E-state index contributed by atoms with van der Waals surface area (Å²) in [6, 6.07) is 10.9. The van der Waals surface area contributed by atoms with E-state index in [0.717, 1.165) is 38.4 Å². The van der Waals surface area contributed by atoms with Crippen LogP contribution in [0, 0.1) is 5.92 Å². The normalized spacial score (nSPS) is 19.8. The van der Waals surface area contributed by atoms with Crippen LogP contribution in [-0.4, -0.2) is 50.1 Å². The molecule has 0 atom stereocenters. The molecule has 2 aliphatic rings. The standard InChI is InChI=1S/C22H33N3O2.HI/c1-3-27-20(26)18-11-15-25(16-12-18)21(23-2)24-17-22(13-7-8-14-22)19-9-5-4-6-10-19;/h4-6,9-10,18H,3,7-8,11-17H2,1-2H3,(H,23,24);1H. The highest BCUT2D eigenvalue weighted by Gasteiger charge is 2.36. The summed E-state index contributed by atoms with van der Waals surface area (Å²) in [7, 11) is 1.85. The third-order valence-electron chi connectivity index (χ3n) is 6.16. The Morgan fingerprint density at radius 3 is 2.43 bits per heavy atom. The summed E-state index contributed by atoms with van der Waals surface area (Å²) in [5, 5.41) is 3.65. The van der Waals surface area contributed by atoms with Gasteiger partial charge in [0.15, 0.2) is 5.96 Å². The van der Waals surface area contributed by atoms with Crippen molar-refractivity contribution < 1.29 is 9.53 Å². The summed E-state index contributed by atoms with van der Waals surface area (Å²) in [5.41, 5.74) is 1.65. The lowest BCUT2D eigenvalue weighted by Crippen LogP contribution is -2.49. The number of esters is 1. The zero-order chi connectivity index (χ0) is 19.1. The molecule has 1 aliphatic carbocycles. The summed E-state index contributed by atoms with van der Waals surface area (Å²) in [6.45, 7) is 4.94. The highest BCUT2D eigenvalue weighted by molar-refractivity contribution is 14.0. The molecule has 0 spiro atoms. The number of benzene rings is 1. The predicted molar refractivity (Wildman–Crippen MR) is 124 cm³/mol. The summed E-state index contributed by atoms with van der Waals surface area (Å²) in [4.78, 5) is 18.8. The van der Waals surface area contributed by atoms with Crippen LogP contribution in [0.3, 0.4) is 0 Å². The Balaban J connectivity index is 0.00000280. The van der Waals surface area contributed by atoms with Crippen LogP contribution >= 0.6 is 24.0 Å². The average Bonchev–Trinajstić information content (AvgIpc) is 3.20. The van der Waals surface area contributed by atoms with Crippen LogP contribution in [0.2, 0.25) is 0 Å². The molecule has 0 bridgehead atoms. The molecule has 28 heavy (non-hydrogen) atoms. The molecule has 1 N–H and O–H groups in total. The maximum atomic E-state index is 12.0. The lowest BCUT2D eigenvalue weighted by atomic mass is 9.79. The van der Waals surface area contributed by atoms with E-state index in [1.54, 1.807) is 0 Å². The molecule has 0 aromatic heterocycles. The van der Waals surface area contributed by atoms with Crippen LogP contribution in [0.4, 0.5) is 0 Å². The monoisotopic (exact) mass is 499 g/mol. The minimum atomic E-state index is -0.0471. The summed E-state index contributed by atoms with van der Waals surface area (Å²) < 4.78 is 5.18. The van der Waals surface area contributed by atoms with Gasteiger partial charge in [-0.3, -0.25) is 9.79 Å². The number of rotatable bonds is 5. The zero-order valence-corrected chi connectivity index (χ0v) is 19.5. The number of piperidine rings is 1. The number of carbonyl (C=O) groups is 1. The van der Waals surface area contributed by atoms with E-state index in [4.69, 9.17) is 4.74 Å². The Hall–Kier alpha value is -1.31. The van der Waals surface area contributed by atoms with E-state index in [1.807, 2.05) is 14.0 Å². The number of guanidine groups is 1. The third-order valence-corrected chi connectivity index (χ3v) is 6.16. The van der Waals surface area contributed by atoms with Crippen molar-refractivity contribution >= 4 is 35.9 Å². The molecule has 1 aliphatic heterocycles. The molecular formula is C22H34IN3O2. The van der Waals surface area contributed by atoms with Crippen LogP contribution < -0.4 is 5.32 Å². The predicted octanol–water partition coefficient (Wildman–Crippen LogP) is 3.97. The van der Waals surface area contributed by atoms with Gasteiger partial charge in [0.05, 0.1) is 12.5 Å². The van der Waals surface area contributed by atoms with Gasteiger partial charge >= 0.3 is 5.97 Å². The number of hydrogen-bond donors (Lipinski definition) is 1. The number of carbonyl (C=O) groups excluding carboxylic acids is 1. The van der Waals surface area contributed by atoms with Gasteiger partial charge in [-0.05, 0) is 38.2 Å². The van der Waals surface area contributed by atoms with Crippen molar-refractivity contribution in [1.29, 1.82) is 0 Å². The Morgan fingerprint density at radius 2 is 1.86 bits per heavy atom. The maximum Gasteiger partial charge on any atom is 0.309 e. The second-order valence-electron chi connectivity index (χ2n) is 7.77. The van der Waals surface area contributed by atoms with Gasteiger partial charge in [-0.2, -0.15) is 0 Å². The Labute approximate surface area is 186 Å². The van der Waals surface area contributed by atoms with Gasteiger partial charge in [-0.1, -0.05) is 43.2 Å². The second-order valence-corrected chi connectivity index (χ2v) is 7.77. The molecule has 5 nitrogen and oxygen atoms in total. The second kappa shape index (κ2) is 11.0. The van der Waals surface area contributed by atoms with Gasteiger partial charge in [0.25, 0.3) is 0 Å². The molecule has 2 fully saturated rings. The molecule has 0 radical (unpaired) electrons. The van der Waals surface area contributed by atoms with E-state index >= 15 is 0 Å². The topological polar surface area (TPSA) is 53.9 Å². The smallest absolute Gasteiger partial charge is 0.309 e. The van der Waals surface area contributed by atoms with E-state index in [0.29, 0.717) is 6.61 Å². The Morgan fingerprint density at radius 1 is 1.21 bits per heavy atom. The largest absolute Gasteiger partial charge is 0.466 e. The van der Waals surface area contributed by atoms with Crippen LogP contribution in [-0.2, 0) is 14.9 Å². The quantitative estimate of drug-likeness (QED) is 0.289. The highest BCUT2D eigenvalue weighted by Crippen LogP contribution is 2.40. The van der Waals surface area contributed by atoms with Crippen molar-refractivity contribution in [2.24, 2.45) is 10.9 Å². The molecule has 3 rings (SSSR count). The number of likely N-dealkylation sites (tertiary alicyclic amines) is 1. The molecule has 1 aromatic carbocycles. The van der Waals surface area contributed by atoms with Crippen LogP contribution in [0.5, 0.6) is 0 Å². The van der Waals surface area contributed by atoms with Crippen molar-refractivity contribution in [3.8, 4) is 0 Å². The first kappa shape index (κ1) is 23.0. The van der Waals surface area contributed by atoms with Crippen molar-refractivity contribution in [3.63, 3.8) is 0 Å². The van der Waals surface area contributed by atoms with Crippen LogP contribution in [0.25, 0.3) is 0 Å². The number of aliphatic imine (C=N–C) groups is 1. The van der Waals surface area contributed by atoms with Crippen LogP contribution in [0.1, 0.15) is 51.0 Å². The van der Waals surface area contributed by atoms with Crippen molar-refractivity contribution in [3.05, 3.63) is 35.9 Å². The number of hydrogen-bond acceptors (Lipinski definition) is 3. The summed E-state index contributed by atoms with van der Waals surface area (Å²) in [5.74, 6) is 0.943. The molecular weight excluding hydrogens is 465 g/mol. The van der Waals surface area contributed by atoms with Gasteiger partial charge in [-0.25, -0.2) is 0 Å². The number of halogens is 1. The molecule has 0 amide bonds. The lowest BCUT2D eigenvalue weighted by Gasteiger charge is -2.36. The SMILES string of the molecule is CCOC(=O)C1CCN(C(=NC)NCC2(c3ccccc3)CCCC2)CC1.I. The summed E-state index contributed by atoms with van der Waals surface area (Å²) in [6.07, 6.45) is 6.71. The molecule has 0 unspecified atom stereocenters. The molecule has 6 heteroatoms. The summed E-state index contributed by atoms with van der Waals surface area (Å²) >= 11 is 0. The first-order valence-electron chi connectivity index (χ1n) is 10.4. The van der Waals surface area contributed by atoms with Gasteiger partial charge in [-0.15, -0.1) is 24.0 Å². The minimum absolute atomic E-state index is 0. The van der Waals surface area contributed by atoms with E-state index in [-0.39, 0.29) is 41.3 Å². The van der Waals surface area contributed by atoms with Gasteiger partial charge in [0, 0.05) is 32.1 Å². The molecule has 156 valence electrons. The molecule has 1 saturated carbocycles. The van der Waals surface area contributed by atoms with Gasteiger partial charge in [0.2, 0.25) is 0 Å². The fraction of sp³-hybridized carbons (Fsp3) is 0.636. The van der Waals surface area contributed by atoms with Gasteiger partial charge in [0.1, 0.15) is 0 Å². The molecule has 1 saturated heterocycles. The van der Waals surface area contributed by atoms with Crippen molar-refractivity contribution in [1.82, 2.24) is 10.2 Å². The first-order chi connectivity index (χ1) is 13.2. The van der Waals surface area contributed by atoms with Crippen LogP contribution in [0.15, 0.2) is 35.3 Å². The van der Waals surface area contributed by atoms with E-state index in [2.05, 4.69) is 45.5 Å². The van der Waals surface area contributed by atoms with E-state index < -0.39 is 0 Å². The van der Waals surface area contributed by atoms with Crippen molar-refractivity contribution in [2.75, 3.05) is 33.3 Å². The average molecular weight is 499 g/mol. The molecule has 1 aromatic rings. The highest BCUT2D eigenvalue weighted by atomic mass is 127. The van der Waals surface area contributed by atoms with Crippen molar-refractivity contribution in [2.45, 2.75) is 50.9 Å². The molecule has 1 heterocycles. The Bertz CT molecular complexity index is 636.